The number of rotatable bonds is 17. The molecule has 0 bridgehead atoms. The Balaban J connectivity index is 0.00000153. The molecule has 0 radical (unpaired) electrons. The molecule has 0 amide bonds. The highest BCUT2D eigenvalue weighted by Crippen LogP contribution is 2.26. The maximum Gasteiger partial charge on any atom is 0.340 e. The molecule has 0 saturated heterocycles. The number of carbonyl (C=O) groups is 4. The second kappa shape index (κ2) is 30.5. The van der Waals surface area contributed by atoms with E-state index in [1.165, 1.54) is 49.8 Å². The molecule has 4 rings (SSSR count). The summed E-state index contributed by atoms with van der Waals surface area (Å²) in [5.41, 5.74) is 29.1. The number of nitrogens with two attached hydrogens (primary N) is 5. The first kappa shape index (κ1) is 53.4. The normalized spacial score (nSPS) is 11.3. The zero-order valence-corrected chi connectivity index (χ0v) is 34.0. The third-order valence-corrected chi connectivity index (χ3v) is 7.78. The molecule has 22 heteroatoms. The van der Waals surface area contributed by atoms with Crippen molar-refractivity contribution in [3.8, 4) is 0 Å². The summed E-state index contributed by atoms with van der Waals surface area (Å²) in [6.45, 7) is 1.51. The molecule has 19 nitrogen and oxygen atoms in total. The summed E-state index contributed by atoms with van der Waals surface area (Å²) >= 11 is 0. The second-order valence-corrected chi connectivity index (χ2v) is 11.8. The van der Waals surface area contributed by atoms with Crippen molar-refractivity contribution in [1.29, 1.82) is 0 Å². The Morgan fingerprint density at radius 3 is 1.85 bits per heavy atom. The van der Waals surface area contributed by atoms with Gasteiger partial charge in [0.2, 0.25) is 0 Å². The van der Waals surface area contributed by atoms with Crippen molar-refractivity contribution in [2.75, 3.05) is 39.7 Å². The van der Waals surface area contributed by atoms with Crippen LogP contribution >= 0.6 is 8.60 Å². The second-order valence-electron chi connectivity index (χ2n) is 11.0. The number of hydrogen-bond acceptors (Lipinski definition) is 17. The predicted molar refractivity (Wildman–Crippen MR) is 225 cm³/mol. The van der Waals surface area contributed by atoms with E-state index in [0.29, 0.717) is 53.0 Å². The molecule has 14 N–H and O–H groups in total. The Labute approximate surface area is 346 Å². The van der Waals surface area contributed by atoms with Crippen LogP contribution in [0.2, 0.25) is 0 Å². The molecule has 0 aliphatic carbocycles. The molecule has 2 aromatic heterocycles. The van der Waals surface area contributed by atoms with Crippen molar-refractivity contribution in [2.24, 2.45) is 28.7 Å². The Kier molecular flexibility index (Phi) is 27.1. The number of aldehydes is 2. The van der Waals surface area contributed by atoms with Crippen LogP contribution in [-0.4, -0.2) is 93.7 Å². The predicted octanol–water partition coefficient (Wildman–Crippen LogP) is 2.01. The van der Waals surface area contributed by atoms with Crippen molar-refractivity contribution in [2.45, 2.75) is 19.3 Å². The molecule has 2 heterocycles. The van der Waals surface area contributed by atoms with Crippen molar-refractivity contribution in [1.82, 2.24) is 19.1 Å². The number of halogens is 2. The van der Waals surface area contributed by atoms with Crippen LogP contribution in [-0.2, 0) is 31.7 Å². The highest BCUT2D eigenvalue weighted by atomic mass is 31.2. The number of aryl methyl sites for hydroxylation is 2. The number of allylic oxidation sites excluding steroid dienone is 5. The topological polar surface area (TPSA) is 325 Å². The summed E-state index contributed by atoms with van der Waals surface area (Å²) in [6.07, 6.45) is 17.4. The van der Waals surface area contributed by atoms with Gasteiger partial charge in [-0.05, 0) is 86.0 Å². The van der Waals surface area contributed by atoms with Crippen LogP contribution in [0.4, 0.5) is 14.5 Å². The van der Waals surface area contributed by atoms with E-state index in [2.05, 4.69) is 25.5 Å². The van der Waals surface area contributed by atoms with Gasteiger partial charge in [0, 0.05) is 61.5 Å². The SMILES string of the molecule is C=O.CN.CNc1cc(CCCc2cc(/C(N)=C/C=C(\N)n3ccnc3)c(C=O)cc2F)c(F)cc1C(=O)OCCOP(O)O.CO.N/C(C=O)=C\C=C(/N)n1ccnc1. The van der Waals surface area contributed by atoms with Crippen LogP contribution in [0, 0.1) is 11.6 Å². The standard InChI is InChI=1S/C27H30F2N5O6P.C8H10N4O.CH5N.CH4O.CH2O/c1-32-25-13-18(23(29)14-21(25)27(36)39-9-10-40-41(37)38)4-2-3-17-11-20(19(15-35)12-22(17)28)24(30)5-6-26(31)34-8-7-33-16-34;9-7(5-13)1-2-8(10)12-4-3-11-6-12;3*1-2/h5-8,11-16,32,37-38H,2-4,9-10,30-31H2,1H3;1-6H,9-10H2;2H2,1H3;2H,1H3;1H2/b24-5-,26-6+;7-1-,8-2+;;;. The van der Waals surface area contributed by atoms with E-state index in [1.807, 2.05) is 6.79 Å². The van der Waals surface area contributed by atoms with Crippen molar-refractivity contribution in [3.05, 3.63) is 131 Å². The average molecular weight is 861 g/mol. The number of anilines is 1. The highest BCUT2D eigenvalue weighted by Gasteiger charge is 2.18. The summed E-state index contributed by atoms with van der Waals surface area (Å²) in [5, 5.41) is 9.82. The number of esters is 1. The lowest BCUT2D eigenvalue weighted by Gasteiger charge is -2.13. The van der Waals surface area contributed by atoms with E-state index >= 15 is 0 Å². The smallest absolute Gasteiger partial charge is 0.340 e. The quantitative estimate of drug-likeness (QED) is 0.0183. The first-order chi connectivity index (χ1) is 28.9. The lowest BCUT2D eigenvalue weighted by Crippen LogP contribution is -2.13. The van der Waals surface area contributed by atoms with E-state index in [-0.39, 0.29) is 48.6 Å². The molecule has 0 saturated carbocycles. The molecule has 0 atom stereocenters. The van der Waals surface area contributed by atoms with E-state index < -0.39 is 26.2 Å². The van der Waals surface area contributed by atoms with Crippen LogP contribution in [0.1, 0.15) is 43.8 Å². The monoisotopic (exact) mass is 860 g/mol. The molecule has 0 aliphatic rings. The van der Waals surface area contributed by atoms with Crippen LogP contribution in [0.5, 0.6) is 0 Å². The third-order valence-electron chi connectivity index (χ3n) is 7.37. The van der Waals surface area contributed by atoms with Crippen LogP contribution in [0.25, 0.3) is 17.3 Å². The molecular formula is C38H51F2N10O9P. The fourth-order valence-corrected chi connectivity index (χ4v) is 4.88. The van der Waals surface area contributed by atoms with E-state index in [4.69, 9.17) is 47.4 Å². The van der Waals surface area contributed by atoms with Gasteiger partial charge in [0.1, 0.15) is 49.3 Å². The number of aliphatic hydroxyl groups excluding tert-OH is 1. The Hall–Kier alpha value is -6.61. The molecule has 4 aromatic rings. The van der Waals surface area contributed by atoms with Gasteiger partial charge in [-0.2, -0.15) is 0 Å². The number of nitrogens with zero attached hydrogens (tertiary/aromatic N) is 4. The average Bonchev–Trinajstić information content (AvgIpc) is 4.03. The number of carbonyl (C=O) groups excluding carboxylic acids is 4. The van der Waals surface area contributed by atoms with E-state index in [9.17, 15) is 23.2 Å². The summed E-state index contributed by atoms with van der Waals surface area (Å²) in [5.74, 6) is -1.28. The van der Waals surface area contributed by atoms with Gasteiger partial charge in [-0.1, -0.05) is 0 Å². The van der Waals surface area contributed by atoms with Crippen LogP contribution in [0.15, 0.2) is 91.7 Å². The Morgan fingerprint density at radius 1 is 0.833 bits per heavy atom. The van der Waals surface area contributed by atoms with Crippen molar-refractivity contribution in [3.63, 3.8) is 0 Å². The van der Waals surface area contributed by atoms with E-state index in [0.717, 1.165) is 19.2 Å². The summed E-state index contributed by atoms with van der Waals surface area (Å²) in [4.78, 5) is 67.2. The Morgan fingerprint density at radius 2 is 1.37 bits per heavy atom. The van der Waals surface area contributed by atoms with Gasteiger partial charge in [-0.25, -0.2) is 23.5 Å². The molecule has 60 heavy (non-hydrogen) atoms. The molecule has 0 aliphatic heterocycles. The number of ether oxygens (including phenoxy) is 1. The fraction of sp³-hybridized carbons (Fsp3) is 0.211. The minimum absolute atomic E-state index is 0.0471. The maximum atomic E-state index is 14.9. The van der Waals surface area contributed by atoms with Crippen molar-refractivity contribution < 1.29 is 52.1 Å². The Bertz CT molecular complexity index is 2030. The highest BCUT2D eigenvalue weighted by molar-refractivity contribution is 7.39. The number of aromatic nitrogens is 4. The van der Waals surface area contributed by atoms with Gasteiger partial charge in [-0.15, -0.1) is 0 Å². The molecule has 0 unspecified atom stereocenters. The lowest BCUT2D eigenvalue weighted by atomic mass is 9.96. The number of imidazole rings is 2. The fourth-order valence-electron chi connectivity index (χ4n) is 4.64. The summed E-state index contributed by atoms with van der Waals surface area (Å²) in [6, 6.07) is 5.11. The van der Waals surface area contributed by atoms with Crippen LogP contribution < -0.4 is 34.0 Å². The number of benzene rings is 2. The number of hydrogen-bond donors (Lipinski definition) is 9. The van der Waals surface area contributed by atoms with Crippen molar-refractivity contribution >= 4 is 57.0 Å². The first-order valence-corrected chi connectivity index (χ1v) is 18.4. The largest absolute Gasteiger partial charge is 0.460 e. The molecule has 0 spiro atoms. The summed E-state index contributed by atoms with van der Waals surface area (Å²) < 4.78 is 42.3. The van der Waals surface area contributed by atoms with Gasteiger partial charge in [0.05, 0.1) is 17.9 Å². The van der Waals surface area contributed by atoms with Crippen LogP contribution in [0.3, 0.4) is 0 Å². The molecule has 2 aromatic carbocycles. The van der Waals surface area contributed by atoms with Gasteiger partial charge in [-0.3, -0.25) is 18.7 Å². The minimum atomic E-state index is -2.57. The number of nitrogens with one attached hydrogen (secondary N) is 1. The third kappa shape index (κ3) is 18.3. The van der Waals surface area contributed by atoms with Gasteiger partial charge < -0.3 is 62.9 Å². The number of aliphatic hydroxyl groups is 1. The van der Waals surface area contributed by atoms with E-state index in [1.54, 1.807) is 47.3 Å². The first-order valence-electron chi connectivity index (χ1n) is 17.2. The molecular weight excluding hydrogens is 809 g/mol. The lowest BCUT2D eigenvalue weighted by molar-refractivity contribution is -0.105. The molecule has 326 valence electrons. The van der Waals surface area contributed by atoms with Gasteiger partial charge >= 0.3 is 14.6 Å². The maximum absolute atomic E-state index is 14.9. The zero-order chi connectivity index (χ0) is 45.6. The molecule has 0 fully saturated rings. The zero-order valence-electron chi connectivity index (χ0n) is 33.2. The van der Waals surface area contributed by atoms with Gasteiger partial charge in [0.15, 0.2) is 12.6 Å². The van der Waals surface area contributed by atoms with Gasteiger partial charge in [0.25, 0.3) is 0 Å². The minimum Gasteiger partial charge on any atom is -0.460 e. The summed E-state index contributed by atoms with van der Waals surface area (Å²) in [7, 11) is 1.49.